The van der Waals surface area contributed by atoms with E-state index in [9.17, 15) is 14.8 Å². The second-order valence-electron chi connectivity index (χ2n) is 9.37. The fourth-order valence-corrected chi connectivity index (χ4v) is 4.99. The molecular formula is C24H36N6O3. The van der Waals surface area contributed by atoms with Gasteiger partial charge >= 0.3 is 0 Å². The number of imidazole rings is 1. The van der Waals surface area contributed by atoms with Gasteiger partial charge in [0.25, 0.3) is 0 Å². The number of likely N-dealkylation sites (tertiary alicyclic amines) is 1. The van der Waals surface area contributed by atoms with Crippen molar-refractivity contribution in [2.75, 3.05) is 51.2 Å². The summed E-state index contributed by atoms with van der Waals surface area (Å²) in [5.41, 5.74) is 3.09. The molecule has 0 unspecified atom stereocenters. The summed E-state index contributed by atoms with van der Waals surface area (Å²) in [5, 5.41) is 10.3. The number of H-pyrrole nitrogens is 1. The van der Waals surface area contributed by atoms with Crippen LogP contribution in [0.2, 0.25) is 0 Å². The van der Waals surface area contributed by atoms with Gasteiger partial charge in [-0.25, -0.2) is 10.0 Å². The normalized spacial score (nSPS) is 20.4. The smallest absolute Gasteiger partial charge is 0.233 e. The van der Waals surface area contributed by atoms with Gasteiger partial charge in [-0.3, -0.25) is 14.8 Å². The minimum atomic E-state index is -0.408. The molecule has 9 nitrogen and oxygen atoms in total. The Morgan fingerprint density at radius 1 is 1.30 bits per heavy atom. The molecule has 2 aromatic rings. The average Bonchev–Trinajstić information content (AvgIpc) is 3.48. The van der Waals surface area contributed by atoms with E-state index in [0.717, 1.165) is 68.7 Å². The number of carbonyl (C=O) groups is 2. The van der Waals surface area contributed by atoms with Crippen LogP contribution >= 0.6 is 0 Å². The van der Waals surface area contributed by atoms with Crippen molar-refractivity contribution in [3.63, 3.8) is 0 Å². The van der Waals surface area contributed by atoms with Gasteiger partial charge in [-0.2, -0.15) is 0 Å². The van der Waals surface area contributed by atoms with E-state index in [1.165, 1.54) is 5.69 Å². The number of hydroxylamine groups is 2. The molecular weight excluding hydrogens is 420 g/mol. The van der Waals surface area contributed by atoms with Crippen LogP contribution in [0.3, 0.4) is 0 Å². The molecule has 180 valence electrons. The van der Waals surface area contributed by atoms with Crippen molar-refractivity contribution in [2.24, 2.45) is 5.92 Å². The summed E-state index contributed by atoms with van der Waals surface area (Å²) in [6.45, 7) is 6.89. The van der Waals surface area contributed by atoms with Gasteiger partial charge in [-0.1, -0.05) is 19.8 Å². The highest BCUT2D eigenvalue weighted by Crippen LogP contribution is 2.34. The first-order valence-corrected chi connectivity index (χ1v) is 12.1. The molecule has 0 spiro atoms. The lowest BCUT2D eigenvalue weighted by atomic mass is 9.99. The molecule has 0 bridgehead atoms. The first kappa shape index (κ1) is 23.5. The van der Waals surface area contributed by atoms with Crippen LogP contribution in [0.15, 0.2) is 18.2 Å². The number of nitrogens with zero attached hydrogens (tertiary/aromatic N) is 5. The standard InChI is InChI=1S/C24H36N6O3/c1-3-4-6-18(16-29(33)17-31)24(32)30-10-5-7-22(30)23-25-20-9-8-19(15-21(20)26-23)28-13-11-27(2)12-14-28/h8-9,15,17-18,22,33H,3-7,10-14,16H2,1-2H3,(H,25,26)/t18-,22-/m0/s1. The first-order chi connectivity index (χ1) is 16.0. The molecule has 0 aliphatic carbocycles. The van der Waals surface area contributed by atoms with E-state index < -0.39 is 5.92 Å². The molecule has 4 rings (SSSR count). The Balaban J connectivity index is 1.52. The highest BCUT2D eigenvalue weighted by molar-refractivity contribution is 5.81. The van der Waals surface area contributed by atoms with Crippen molar-refractivity contribution in [1.82, 2.24) is 24.8 Å². The number of anilines is 1. The van der Waals surface area contributed by atoms with Crippen LogP contribution in [0.1, 0.15) is 50.9 Å². The highest BCUT2D eigenvalue weighted by atomic mass is 16.5. The number of unbranched alkanes of at least 4 members (excludes halogenated alkanes) is 1. The molecule has 3 heterocycles. The number of nitrogens with one attached hydrogen (secondary N) is 1. The topological polar surface area (TPSA) is 96.0 Å². The molecule has 2 aliphatic rings. The lowest BCUT2D eigenvalue weighted by molar-refractivity contribution is -0.157. The monoisotopic (exact) mass is 456 g/mol. The predicted octanol–water partition coefficient (Wildman–Crippen LogP) is 2.63. The van der Waals surface area contributed by atoms with E-state index in [0.29, 0.717) is 24.4 Å². The molecule has 1 aromatic carbocycles. The highest BCUT2D eigenvalue weighted by Gasteiger charge is 2.36. The molecule has 33 heavy (non-hydrogen) atoms. The van der Waals surface area contributed by atoms with Gasteiger partial charge in [0.05, 0.1) is 29.5 Å². The summed E-state index contributed by atoms with van der Waals surface area (Å²) in [6.07, 6.45) is 4.62. The fourth-order valence-electron chi connectivity index (χ4n) is 4.99. The third-order valence-corrected chi connectivity index (χ3v) is 6.99. The van der Waals surface area contributed by atoms with Crippen LogP contribution in [-0.4, -0.2) is 88.7 Å². The van der Waals surface area contributed by atoms with Crippen molar-refractivity contribution >= 4 is 29.0 Å². The number of piperazine rings is 1. The predicted molar refractivity (Wildman–Crippen MR) is 127 cm³/mol. The summed E-state index contributed by atoms with van der Waals surface area (Å²) < 4.78 is 0. The number of fused-ring (bicyclic) bond motifs is 1. The molecule has 0 saturated carbocycles. The third-order valence-electron chi connectivity index (χ3n) is 6.99. The molecule has 0 radical (unpaired) electrons. The first-order valence-electron chi connectivity index (χ1n) is 12.1. The van der Waals surface area contributed by atoms with Crippen LogP contribution in [0, 0.1) is 5.92 Å². The average molecular weight is 457 g/mol. The number of aromatic nitrogens is 2. The summed E-state index contributed by atoms with van der Waals surface area (Å²) in [4.78, 5) is 39.3. The second kappa shape index (κ2) is 10.5. The Kier molecular flexibility index (Phi) is 7.49. The number of likely N-dealkylation sites (N-methyl/N-ethyl adjacent to an activating group) is 1. The van der Waals surface area contributed by atoms with Gasteiger partial charge in [0, 0.05) is 38.4 Å². The van der Waals surface area contributed by atoms with E-state index in [2.05, 4.69) is 47.0 Å². The molecule has 2 amide bonds. The molecule has 2 atom stereocenters. The van der Waals surface area contributed by atoms with Crippen molar-refractivity contribution in [2.45, 2.75) is 45.1 Å². The van der Waals surface area contributed by atoms with E-state index in [1.807, 2.05) is 4.90 Å². The van der Waals surface area contributed by atoms with Crippen LogP contribution in [0.25, 0.3) is 11.0 Å². The number of amides is 2. The number of benzene rings is 1. The Hall–Kier alpha value is -2.65. The van der Waals surface area contributed by atoms with E-state index in [-0.39, 0.29) is 18.5 Å². The number of carbonyl (C=O) groups excluding carboxylic acids is 2. The molecule has 2 saturated heterocycles. The minimum absolute atomic E-state index is 0.00886. The van der Waals surface area contributed by atoms with Gasteiger partial charge in [0.15, 0.2) is 0 Å². The van der Waals surface area contributed by atoms with Crippen molar-refractivity contribution in [3.05, 3.63) is 24.0 Å². The van der Waals surface area contributed by atoms with E-state index in [4.69, 9.17) is 4.98 Å². The maximum atomic E-state index is 13.4. The van der Waals surface area contributed by atoms with Gasteiger partial charge in [0.2, 0.25) is 12.3 Å². The summed E-state index contributed by atoms with van der Waals surface area (Å²) in [5.74, 6) is 0.399. The molecule has 2 fully saturated rings. The zero-order valence-corrected chi connectivity index (χ0v) is 19.7. The van der Waals surface area contributed by atoms with Crippen LogP contribution in [-0.2, 0) is 9.59 Å². The zero-order chi connectivity index (χ0) is 23.4. The van der Waals surface area contributed by atoms with Crippen molar-refractivity contribution in [3.8, 4) is 0 Å². The SMILES string of the molecule is CCCC[C@@H](CN(O)C=O)C(=O)N1CCC[C@H]1c1nc2cc(N3CCN(C)CC3)ccc2[nH]1. The number of hydrogen-bond acceptors (Lipinski definition) is 6. The molecule has 9 heteroatoms. The number of hydrogen-bond donors (Lipinski definition) is 2. The van der Waals surface area contributed by atoms with Crippen molar-refractivity contribution in [1.29, 1.82) is 0 Å². The van der Waals surface area contributed by atoms with Gasteiger partial charge in [-0.05, 0) is 44.5 Å². The number of aromatic amines is 1. The van der Waals surface area contributed by atoms with Crippen LogP contribution in [0.5, 0.6) is 0 Å². The Bertz CT molecular complexity index is 955. The van der Waals surface area contributed by atoms with E-state index in [1.54, 1.807) is 0 Å². The largest absolute Gasteiger partial charge is 0.369 e. The summed E-state index contributed by atoms with van der Waals surface area (Å²) >= 11 is 0. The Labute approximate surface area is 195 Å². The van der Waals surface area contributed by atoms with Gasteiger partial charge in [-0.15, -0.1) is 0 Å². The Morgan fingerprint density at radius 2 is 2.09 bits per heavy atom. The van der Waals surface area contributed by atoms with Gasteiger partial charge < -0.3 is 19.7 Å². The minimum Gasteiger partial charge on any atom is -0.369 e. The lowest BCUT2D eigenvalue weighted by Gasteiger charge is -2.34. The zero-order valence-electron chi connectivity index (χ0n) is 19.7. The van der Waals surface area contributed by atoms with Crippen molar-refractivity contribution < 1.29 is 14.8 Å². The summed E-state index contributed by atoms with van der Waals surface area (Å²) in [6, 6.07) is 6.26. The molecule has 1 aromatic heterocycles. The third kappa shape index (κ3) is 5.30. The van der Waals surface area contributed by atoms with Crippen LogP contribution < -0.4 is 4.90 Å². The molecule has 2 aliphatic heterocycles. The number of rotatable bonds is 9. The maximum absolute atomic E-state index is 13.4. The maximum Gasteiger partial charge on any atom is 0.233 e. The van der Waals surface area contributed by atoms with E-state index >= 15 is 0 Å². The molecule has 2 N–H and O–H groups in total. The van der Waals surface area contributed by atoms with Crippen LogP contribution in [0.4, 0.5) is 5.69 Å². The quantitative estimate of drug-likeness (QED) is 0.342. The van der Waals surface area contributed by atoms with Gasteiger partial charge in [0.1, 0.15) is 5.82 Å². The fraction of sp³-hybridized carbons (Fsp3) is 0.625. The lowest BCUT2D eigenvalue weighted by Crippen LogP contribution is -2.44. The summed E-state index contributed by atoms with van der Waals surface area (Å²) in [7, 11) is 2.15. The second-order valence-corrected chi connectivity index (χ2v) is 9.37. The Morgan fingerprint density at radius 3 is 2.82 bits per heavy atom.